The van der Waals surface area contributed by atoms with Gasteiger partial charge in [0.2, 0.25) is 0 Å². The molecule has 0 aromatic carbocycles. The fourth-order valence-corrected chi connectivity index (χ4v) is 2.84. The van der Waals surface area contributed by atoms with E-state index in [9.17, 15) is 0 Å². The molecular weight excluding hydrogens is 318 g/mol. The highest BCUT2D eigenvalue weighted by Crippen LogP contribution is 2.25. The van der Waals surface area contributed by atoms with Gasteiger partial charge in [-0.25, -0.2) is 9.97 Å². The van der Waals surface area contributed by atoms with Crippen LogP contribution < -0.4 is 10.6 Å². The van der Waals surface area contributed by atoms with Gasteiger partial charge in [-0.1, -0.05) is 0 Å². The Balaban J connectivity index is 1.59. The van der Waals surface area contributed by atoms with Crippen LogP contribution in [0.2, 0.25) is 0 Å². The van der Waals surface area contributed by atoms with E-state index in [1.807, 2.05) is 25.3 Å². The fourth-order valence-electron chi connectivity index (χ4n) is 2.84. The van der Waals surface area contributed by atoms with E-state index in [1.54, 1.807) is 13.3 Å². The highest BCUT2D eigenvalue weighted by molar-refractivity contribution is 5.48. The number of hydrogen-bond donors (Lipinski definition) is 2. The maximum Gasteiger partial charge on any atom is 0.156 e. The van der Waals surface area contributed by atoms with Crippen molar-refractivity contribution in [3.63, 3.8) is 0 Å². The normalized spacial score (nSPS) is 16.8. The van der Waals surface area contributed by atoms with Crippen LogP contribution in [0.25, 0.3) is 0 Å². The average Bonchev–Trinajstić information content (AvgIpc) is 3.15. The maximum atomic E-state index is 5.48. The van der Waals surface area contributed by atoms with Crippen LogP contribution in [-0.4, -0.2) is 48.4 Å². The molecule has 0 saturated carbocycles. The summed E-state index contributed by atoms with van der Waals surface area (Å²) < 4.78 is 10.7. The predicted molar refractivity (Wildman–Crippen MR) is 96.9 cm³/mol. The van der Waals surface area contributed by atoms with Crippen molar-refractivity contribution >= 4 is 11.5 Å². The van der Waals surface area contributed by atoms with E-state index in [4.69, 9.17) is 9.47 Å². The van der Waals surface area contributed by atoms with Gasteiger partial charge in [-0.3, -0.25) is 4.98 Å². The highest BCUT2D eigenvalue weighted by Gasteiger charge is 2.20. The number of pyridine rings is 1. The lowest BCUT2D eigenvalue weighted by Gasteiger charge is -2.13. The number of ether oxygens (including phenoxy) is 2. The first-order chi connectivity index (χ1) is 12.3. The van der Waals surface area contributed by atoms with Gasteiger partial charge in [0.05, 0.1) is 12.3 Å². The Bertz CT molecular complexity index is 689. The Labute approximate surface area is 148 Å². The fraction of sp³-hybridized carbons (Fsp3) is 0.500. The van der Waals surface area contributed by atoms with Gasteiger partial charge in [0.1, 0.15) is 12.4 Å². The van der Waals surface area contributed by atoms with E-state index in [-0.39, 0.29) is 0 Å². The van der Waals surface area contributed by atoms with Crippen LogP contribution in [0.15, 0.2) is 24.5 Å². The second-order valence-electron chi connectivity index (χ2n) is 6.13. The molecule has 7 heteroatoms. The van der Waals surface area contributed by atoms with Crippen molar-refractivity contribution in [1.82, 2.24) is 15.0 Å². The first-order valence-corrected chi connectivity index (χ1v) is 8.59. The largest absolute Gasteiger partial charge is 0.383 e. The van der Waals surface area contributed by atoms with Gasteiger partial charge in [0.15, 0.2) is 5.82 Å². The first-order valence-electron chi connectivity index (χ1n) is 8.59. The first kappa shape index (κ1) is 17.6. The van der Waals surface area contributed by atoms with Gasteiger partial charge < -0.3 is 20.1 Å². The van der Waals surface area contributed by atoms with Gasteiger partial charge in [0, 0.05) is 56.9 Å². The third-order valence-corrected chi connectivity index (χ3v) is 4.18. The molecule has 1 aliphatic heterocycles. The lowest BCUT2D eigenvalue weighted by Crippen LogP contribution is -2.16. The summed E-state index contributed by atoms with van der Waals surface area (Å²) in [7, 11) is 1.66. The SMILES string of the molecule is COCc1nc(NCCNc2ccncc2C)cc(C2CCOC2)n1. The van der Waals surface area contributed by atoms with Crippen molar-refractivity contribution in [2.24, 2.45) is 0 Å². The van der Waals surface area contributed by atoms with Crippen LogP contribution in [-0.2, 0) is 16.1 Å². The number of hydrogen-bond acceptors (Lipinski definition) is 7. The van der Waals surface area contributed by atoms with E-state index in [2.05, 4.69) is 25.6 Å². The Morgan fingerprint density at radius 2 is 2.16 bits per heavy atom. The Morgan fingerprint density at radius 3 is 2.92 bits per heavy atom. The summed E-state index contributed by atoms with van der Waals surface area (Å²) in [6.07, 6.45) is 4.65. The number of anilines is 2. The van der Waals surface area contributed by atoms with Crippen molar-refractivity contribution in [1.29, 1.82) is 0 Å². The zero-order valence-corrected chi connectivity index (χ0v) is 14.8. The van der Waals surface area contributed by atoms with Gasteiger partial charge >= 0.3 is 0 Å². The topological polar surface area (TPSA) is 81.2 Å². The average molecular weight is 343 g/mol. The van der Waals surface area contributed by atoms with Crippen LogP contribution in [0.4, 0.5) is 11.5 Å². The minimum absolute atomic E-state index is 0.344. The van der Waals surface area contributed by atoms with Gasteiger partial charge in [-0.2, -0.15) is 0 Å². The van der Waals surface area contributed by atoms with E-state index >= 15 is 0 Å². The summed E-state index contributed by atoms with van der Waals surface area (Å²) in [5.41, 5.74) is 3.26. The Morgan fingerprint density at radius 1 is 1.28 bits per heavy atom. The van der Waals surface area contributed by atoms with E-state index in [0.717, 1.165) is 55.5 Å². The van der Waals surface area contributed by atoms with Crippen molar-refractivity contribution in [2.45, 2.75) is 25.9 Å². The van der Waals surface area contributed by atoms with Crippen LogP contribution in [0.5, 0.6) is 0 Å². The zero-order chi connectivity index (χ0) is 17.5. The lowest BCUT2D eigenvalue weighted by atomic mass is 10.0. The number of aryl methyl sites for hydroxylation is 1. The Kier molecular flexibility index (Phi) is 6.14. The van der Waals surface area contributed by atoms with E-state index in [0.29, 0.717) is 18.3 Å². The zero-order valence-electron chi connectivity index (χ0n) is 14.8. The summed E-state index contributed by atoms with van der Waals surface area (Å²) in [4.78, 5) is 13.2. The van der Waals surface area contributed by atoms with Crippen LogP contribution >= 0.6 is 0 Å². The minimum atomic E-state index is 0.344. The molecule has 2 aromatic heterocycles. The Hall–Kier alpha value is -2.25. The molecule has 2 aromatic rings. The highest BCUT2D eigenvalue weighted by atomic mass is 16.5. The molecular formula is C18H25N5O2. The smallest absolute Gasteiger partial charge is 0.156 e. The van der Waals surface area contributed by atoms with Crippen molar-refractivity contribution < 1.29 is 9.47 Å². The number of nitrogens with one attached hydrogen (secondary N) is 2. The van der Waals surface area contributed by atoms with Crippen LogP contribution in [0.1, 0.15) is 29.4 Å². The quantitative estimate of drug-likeness (QED) is 0.712. The summed E-state index contributed by atoms with van der Waals surface area (Å²) in [5.74, 6) is 1.88. The minimum Gasteiger partial charge on any atom is -0.383 e. The number of aromatic nitrogens is 3. The predicted octanol–water partition coefficient (Wildman–Crippen LogP) is 2.35. The molecule has 0 spiro atoms. The number of rotatable bonds is 8. The van der Waals surface area contributed by atoms with Crippen LogP contribution in [0, 0.1) is 6.92 Å². The summed E-state index contributed by atoms with van der Waals surface area (Å²) in [6.45, 7) is 5.52. The van der Waals surface area contributed by atoms with Crippen molar-refractivity contribution in [3.8, 4) is 0 Å². The third kappa shape index (κ3) is 4.87. The molecule has 2 N–H and O–H groups in total. The molecule has 1 atom stereocenters. The van der Waals surface area contributed by atoms with Crippen LogP contribution in [0.3, 0.4) is 0 Å². The molecule has 1 saturated heterocycles. The van der Waals surface area contributed by atoms with E-state index < -0.39 is 0 Å². The molecule has 7 nitrogen and oxygen atoms in total. The van der Waals surface area contributed by atoms with Crippen molar-refractivity contribution in [2.75, 3.05) is 44.0 Å². The van der Waals surface area contributed by atoms with E-state index in [1.165, 1.54) is 0 Å². The third-order valence-electron chi connectivity index (χ3n) is 4.18. The molecule has 25 heavy (non-hydrogen) atoms. The molecule has 134 valence electrons. The summed E-state index contributed by atoms with van der Waals surface area (Å²) in [5, 5.41) is 6.77. The monoisotopic (exact) mass is 343 g/mol. The molecule has 3 heterocycles. The second kappa shape index (κ2) is 8.73. The lowest BCUT2D eigenvalue weighted by molar-refractivity contribution is 0.177. The maximum absolute atomic E-state index is 5.48. The summed E-state index contributed by atoms with van der Waals surface area (Å²) >= 11 is 0. The number of methoxy groups -OCH3 is 1. The summed E-state index contributed by atoms with van der Waals surface area (Å²) in [6, 6.07) is 4.01. The molecule has 0 amide bonds. The molecule has 0 bridgehead atoms. The molecule has 1 unspecified atom stereocenters. The molecule has 0 aliphatic carbocycles. The second-order valence-corrected chi connectivity index (χ2v) is 6.13. The molecule has 0 radical (unpaired) electrons. The van der Waals surface area contributed by atoms with Crippen molar-refractivity contribution in [3.05, 3.63) is 41.6 Å². The standard InChI is InChI=1S/C18H25N5O2/c1-13-10-19-5-3-15(13)20-6-7-21-17-9-16(14-4-8-25-11-14)22-18(23-17)12-24-2/h3,5,9-10,14H,4,6-8,11-12H2,1-2H3,(H,19,20)(H,21,22,23). The number of nitrogens with zero attached hydrogens (tertiary/aromatic N) is 3. The molecule has 1 aliphatic rings. The van der Waals surface area contributed by atoms with Gasteiger partial charge in [-0.05, 0) is 25.0 Å². The molecule has 3 rings (SSSR count). The molecule has 1 fully saturated rings. The van der Waals surface area contributed by atoms with Gasteiger partial charge in [-0.15, -0.1) is 0 Å². The van der Waals surface area contributed by atoms with Gasteiger partial charge in [0.25, 0.3) is 0 Å².